The zero-order chi connectivity index (χ0) is 25.5. The molecule has 0 saturated heterocycles. The lowest BCUT2D eigenvalue weighted by molar-refractivity contribution is -0.400. The highest BCUT2D eigenvalue weighted by Gasteiger charge is 2.22. The minimum Gasteiger partial charge on any atom is -0.480 e. The van der Waals surface area contributed by atoms with Crippen molar-refractivity contribution in [2.75, 3.05) is 0 Å². The van der Waals surface area contributed by atoms with Crippen molar-refractivity contribution < 1.29 is 37.0 Å². The normalized spacial score (nSPS) is 13.0. The van der Waals surface area contributed by atoms with Crippen LogP contribution in [0.15, 0.2) is 59.6 Å². The molecule has 0 aliphatic rings. The molecular weight excluding hydrogens is 470 g/mol. The number of benzene rings is 2. The number of aliphatic carboxylic acids is 1. The van der Waals surface area contributed by atoms with E-state index in [1.807, 2.05) is 0 Å². The Morgan fingerprint density at radius 3 is 2.12 bits per heavy atom. The summed E-state index contributed by atoms with van der Waals surface area (Å²) < 4.78 is 30.0. The Morgan fingerprint density at radius 1 is 1.00 bits per heavy atom. The lowest BCUT2D eigenvalue weighted by atomic mass is 10.2. The largest absolute Gasteiger partial charge is 0.480 e. The van der Waals surface area contributed by atoms with Gasteiger partial charge >= 0.3 is 16.1 Å². The van der Waals surface area contributed by atoms with Gasteiger partial charge in [-0.2, -0.15) is 8.42 Å². The van der Waals surface area contributed by atoms with E-state index in [9.17, 15) is 32.9 Å². The van der Waals surface area contributed by atoms with Crippen LogP contribution in [0.5, 0.6) is 5.75 Å². The molecule has 0 fully saturated rings. The quantitative estimate of drug-likeness (QED) is 0.251. The van der Waals surface area contributed by atoms with Gasteiger partial charge in [0.25, 0.3) is 5.91 Å². The molecule has 2 amide bonds. The molecule has 0 saturated carbocycles. The number of hydrogen-bond donors (Lipinski definition) is 3. The molecule has 2 aromatic rings. The molecule has 12 nitrogen and oxygen atoms in total. The van der Waals surface area contributed by atoms with Gasteiger partial charge in [-0.3, -0.25) is 24.5 Å². The van der Waals surface area contributed by atoms with Gasteiger partial charge in [0.2, 0.25) is 12.1 Å². The topological polar surface area (TPSA) is 182 Å². The van der Waals surface area contributed by atoms with Crippen LogP contribution in [0.25, 0.3) is 6.08 Å². The molecule has 2 rings (SSSR count). The second kappa shape index (κ2) is 11.0. The Kier molecular flexibility index (Phi) is 8.45. The first-order chi connectivity index (χ1) is 15.9. The Bertz CT molecular complexity index is 1210. The van der Waals surface area contributed by atoms with Crippen molar-refractivity contribution in [2.24, 2.45) is 0 Å². The van der Waals surface area contributed by atoms with Crippen LogP contribution in [0.2, 0.25) is 0 Å². The van der Waals surface area contributed by atoms with Crippen molar-refractivity contribution in [3.05, 3.63) is 76.0 Å². The predicted molar refractivity (Wildman–Crippen MR) is 119 cm³/mol. The summed E-state index contributed by atoms with van der Waals surface area (Å²) in [6.07, 6.45) is 1.98. The molecular formula is C21H21N3O9S. The van der Waals surface area contributed by atoms with E-state index in [-0.39, 0.29) is 16.2 Å². The highest BCUT2D eigenvalue weighted by molar-refractivity contribution is 7.87. The number of nitrogens with zero attached hydrogens (tertiary/aromatic N) is 1. The van der Waals surface area contributed by atoms with Crippen molar-refractivity contribution in [3.63, 3.8) is 0 Å². The van der Waals surface area contributed by atoms with Crippen molar-refractivity contribution in [2.45, 2.75) is 30.8 Å². The van der Waals surface area contributed by atoms with Crippen LogP contribution in [0, 0.1) is 10.1 Å². The molecule has 0 spiro atoms. The minimum absolute atomic E-state index is 0.0181. The third-order valence-electron chi connectivity index (χ3n) is 4.35. The fourth-order valence-corrected chi connectivity index (χ4v) is 3.40. The monoisotopic (exact) mass is 491 g/mol. The van der Waals surface area contributed by atoms with E-state index < -0.39 is 44.9 Å². The van der Waals surface area contributed by atoms with Crippen LogP contribution in [0.4, 0.5) is 0 Å². The van der Waals surface area contributed by atoms with Crippen molar-refractivity contribution in [3.8, 4) is 5.75 Å². The highest BCUT2D eigenvalue weighted by Crippen LogP contribution is 2.20. The molecule has 13 heteroatoms. The van der Waals surface area contributed by atoms with Crippen LogP contribution in [-0.4, -0.2) is 48.3 Å². The molecule has 180 valence electrons. The molecule has 34 heavy (non-hydrogen) atoms. The average molecular weight is 491 g/mol. The maximum Gasteiger partial charge on any atom is 0.339 e. The third kappa shape index (κ3) is 7.41. The number of carboxylic acids is 1. The van der Waals surface area contributed by atoms with Gasteiger partial charge < -0.3 is 19.9 Å². The van der Waals surface area contributed by atoms with E-state index >= 15 is 0 Å². The smallest absolute Gasteiger partial charge is 0.339 e. The van der Waals surface area contributed by atoms with Crippen molar-refractivity contribution in [1.82, 2.24) is 10.6 Å². The first kappa shape index (κ1) is 26.0. The number of nitrogens with one attached hydrogen (secondary N) is 2. The highest BCUT2D eigenvalue weighted by atomic mass is 32.2. The lowest BCUT2D eigenvalue weighted by Gasteiger charge is -2.16. The van der Waals surface area contributed by atoms with Gasteiger partial charge in [-0.25, -0.2) is 0 Å². The second-order valence-electron chi connectivity index (χ2n) is 7.00. The Hall–Kier alpha value is -4.26. The van der Waals surface area contributed by atoms with E-state index in [2.05, 4.69) is 10.6 Å². The second-order valence-corrected chi connectivity index (χ2v) is 8.54. The number of carboxylic acid groups (broad SMARTS) is 1. The predicted octanol–water partition coefficient (Wildman–Crippen LogP) is 1.41. The fourth-order valence-electron chi connectivity index (χ4n) is 2.47. The summed E-state index contributed by atoms with van der Waals surface area (Å²) in [6, 6.07) is 8.11. The lowest BCUT2D eigenvalue weighted by Crippen LogP contribution is -2.49. The first-order valence-corrected chi connectivity index (χ1v) is 11.1. The average Bonchev–Trinajstić information content (AvgIpc) is 2.78. The van der Waals surface area contributed by atoms with Gasteiger partial charge in [0.05, 0.1) is 4.92 Å². The maximum atomic E-state index is 12.5. The summed E-state index contributed by atoms with van der Waals surface area (Å²) in [6.45, 7) is 2.64. The van der Waals surface area contributed by atoms with E-state index in [4.69, 9.17) is 9.29 Å². The van der Waals surface area contributed by atoms with E-state index in [1.165, 1.54) is 56.3 Å². The molecule has 2 aromatic carbocycles. The molecule has 0 aliphatic carbocycles. The Morgan fingerprint density at radius 2 is 1.59 bits per heavy atom. The number of carbonyl (C=O) groups excluding carboxylic acids is 2. The number of nitro groups is 1. The summed E-state index contributed by atoms with van der Waals surface area (Å²) in [4.78, 5) is 44.6. The number of amides is 2. The van der Waals surface area contributed by atoms with Crippen LogP contribution in [0.3, 0.4) is 0 Å². The summed E-state index contributed by atoms with van der Waals surface area (Å²) in [5, 5.41) is 23.8. The van der Waals surface area contributed by atoms with Crippen LogP contribution in [-0.2, 0) is 19.7 Å². The van der Waals surface area contributed by atoms with Gasteiger partial charge in [0, 0.05) is 11.6 Å². The van der Waals surface area contributed by atoms with Gasteiger partial charge in [-0.05, 0) is 55.8 Å². The van der Waals surface area contributed by atoms with E-state index in [0.29, 0.717) is 5.56 Å². The summed E-state index contributed by atoms with van der Waals surface area (Å²) in [5.74, 6) is -2.62. The van der Waals surface area contributed by atoms with Crippen LogP contribution in [0.1, 0.15) is 29.8 Å². The Labute approximate surface area is 194 Å². The van der Waals surface area contributed by atoms with E-state index in [1.54, 1.807) is 0 Å². The minimum atomic E-state index is -4.23. The SMILES string of the molecule is C[C@H](NC(=O)[C@H](C)NC(=O)c1ccc(S(=O)(=O)Oc2ccc(/C=C/[N+](=O)[O-])cc2)cc1)C(=O)O. The zero-order valence-electron chi connectivity index (χ0n) is 18.0. The summed E-state index contributed by atoms with van der Waals surface area (Å²) >= 11 is 0. The molecule has 2 atom stereocenters. The number of carbonyl (C=O) groups is 3. The number of rotatable bonds is 10. The third-order valence-corrected chi connectivity index (χ3v) is 5.61. The molecule has 0 radical (unpaired) electrons. The van der Waals surface area contributed by atoms with Gasteiger partial charge in [0.15, 0.2) is 0 Å². The van der Waals surface area contributed by atoms with E-state index in [0.717, 1.165) is 18.3 Å². The Balaban J connectivity index is 2.03. The van der Waals surface area contributed by atoms with Crippen LogP contribution < -0.4 is 14.8 Å². The first-order valence-electron chi connectivity index (χ1n) is 9.69. The molecule has 0 aliphatic heterocycles. The molecule has 3 N–H and O–H groups in total. The van der Waals surface area contributed by atoms with Crippen molar-refractivity contribution >= 4 is 34.0 Å². The fraction of sp³-hybridized carbons (Fsp3) is 0.190. The standard InChI is InChI=1S/C21H21N3O9S/c1-13(19(25)23-14(2)21(27)28)22-20(26)16-5-9-18(10-6-16)34(31,32)33-17-7-3-15(4-8-17)11-12-24(29)30/h3-14H,1-2H3,(H,22,26)(H,23,25)(H,27,28)/b12-11+/t13-,14-/m0/s1. The molecule has 0 unspecified atom stereocenters. The molecule has 0 bridgehead atoms. The van der Waals surface area contributed by atoms with Crippen LogP contribution >= 0.6 is 0 Å². The zero-order valence-corrected chi connectivity index (χ0v) is 18.8. The summed E-state index contributed by atoms with van der Waals surface area (Å²) in [5.41, 5.74) is 0.531. The molecule has 0 heterocycles. The number of hydrogen-bond acceptors (Lipinski definition) is 8. The maximum absolute atomic E-state index is 12.5. The molecule has 0 aromatic heterocycles. The van der Waals surface area contributed by atoms with Gasteiger partial charge in [0.1, 0.15) is 22.7 Å². The van der Waals surface area contributed by atoms with Gasteiger partial charge in [-0.1, -0.05) is 12.1 Å². The van der Waals surface area contributed by atoms with Gasteiger partial charge in [-0.15, -0.1) is 0 Å². The summed E-state index contributed by atoms with van der Waals surface area (Å²) in [7, 11) is -4.23. The van der Waals surface area contributed by atoms with Crippen molar-refractivity contribution in [1.29, 1.82) is 0 Å².